The van der Waals surface area contributed by atoms with Gasteiger partial charge in [0, 0.05) is 10.0 Å². The molecule has 0 saturated carbocycles. The Bertz CT molecular complexity index is 514. The lowest BCUT2D eigenvalue weighted by Gasteiger charge is -2.09. The van der Waals surface area contributed by atoms with Crippen LogP contribution in [0.4, 0.5) is 0 Å². The third kappa shape index (κ3) is 3.20. The molecule has 88 valence electrons. The molecule has 0 bridgehead atoms. The average molecular weight is 308 g/mol. The largest absolute Gasteiger partial charge is 0.454 e. The molecule has 0 radical (unpaired) electrons. The Morgan fingerprint density at radius 2 is 1.29 bits per heavy atom. The summed E-state index contributed by atoms with van der Waals surface area (Å²) in [5, 5.41) is 1.81. The minimum atomic E-state index is 0.383. The van der Waals surface area contributed by atoms with Crippen LogP contribution in [0.5, 0.6) is 11.5 Å². The second kappa shape index (κ2) is 5.36. The van der Waals surface area contributed by atoms with Crippen molar-refractivity contribution in [3.05, 3.63) is 56.5 Å². The molecule has 0 aliphatic rings. The van der Waals surface area contributed by atoms with Gasteiger partial charge in [0.05, 0.1) is 10.0 Å². The van der Waals surface area contributed by atoms with Crippen molar-refractivity contribution in [3.63, 3.8) is 0 Å². The maximum absolute atomic E-state index is 5.98. The predicted molar refractivity (Wildman–Crippen MR) is 73.0 cm³/mol. The second-order valence-electron chi connectivity index (χ2n) is 3.26. The third-order valence-corrected chi connectivity index (χ3v) is 3.01. The molecule has 0 unspecified atom stereocenters. The SMILES string of the molecule is Clc1cc(Cl)cc(Oc2c(Cl)cccc2Cl)c1. The molecule has 2 rings (SSSR count). The van der Waals surface area contributed by atoms with Gasteiger partial charge in [-0.25, -0.2) is 0 Å². The highest BCUT2D eigenvalue weighted by Crippen LogP contribution is 2.37. The minimum Gasteiger partial charge on any atom is -0.454 e. The Kier molecular flexibility index (Phi) is 4.05. The van der Waals surface area contributed by atoms with E-state index in [1.54, 1.807) is 36.4 Å². The van der Waals surface area contributed by atoms with Crippen molar-refractivity contribution in [1.29, 1.82) is 0 Å². The topological polar surface area (TPSA) is 9.23 Å². The number of hydrogen-bond donors (Lipinski definition) is 0. The molecule has 0 N–H and O–H groups in total. The van der Waals surface area contributed by atoms with Crippen molar-refractivity contribution >= 4 is 46.4 Å². The Hall–Kier alpha value is -0.600. The summed E-state index contributed by atoms with van der Waals surface area (Å²) in [5.74, 6) is 0.867. The number of benzene rings is 2. The molecule has 17 heavy (non-hydrogen) atoms. The van der Waals surface area contributed by atoms with E-state index in [1.165, 1.54) is 0 Å². The monoisotopic (exact) mass is 306 g/mol. The van der Waals surface area contributed by atoms with Crippen LogP contribution in [0, 0.1) is 0 Å². The minimum absolute atomic E-state index is 0.383. The van der Waals surface area contributed by atoms with Crippen LogP contribution in [-0.2, 0) is 0 Å². The van der Waals surface area contributed by atoms with Crippen LogP contribution in [0.25, 0.3) is 0 Å². The van der Waals surface area contributed by atoms with Crippen LogP contribution in [-0.4, -0.2) is 0 Å². The van der Waals surface area contributed by atoms with Crippen LogP contribution in [0.3, 0.4) is 0 Å². The summed E-state index contributed by atoms with van der Waals surface area (Å²) >= 11 is 23.7. The van der Waals surface area contributed by atoms with E-state index >= 15 is 0 Å². The van der Waals surface area contributed by atoms with E-state index in [2.05, 4.69) is 0 Å². The zero-order chi connectivity index (χ0) is 12.4. The molecule has 0 spiro atoms. The van der Waals surface area contributed by atoms with Gasteiger partial charge in [-0.15, -0.1) is 0 Å². The van der Waals surface area contributed by atoms with Gasteiger partial charge in [-0.3, -0.25) is 0 Å². The van der Waals surface area contributed by atoms with Gasteiger partial charge < -0.3 is 4.74 Å². The van der Waals surface area contributed by atoms with E-state index in [0.717, 1.165) is 0 Å². The standard InChI is InChI=1S/C12H6Cl4O/c13-7-4-8(14)6-9(5-7)17-12-10(15)2-1-3-11(12)16/h1-6H. The van der Waals surface area contributed by atoms with E-state index < -0.39 is 0 Å². The molecule has 0 atom stereocenters. The van der Waals surface area contributed by atoms with Gasteiger partial charge in [0.1, 0.15) is 5.75 Å². The van der Waals surface area contributed by atoms with Gasteiger partial charge in [0.2, 0.25) is 0 Å². The molecular formula is C12H6Cl4O. The fourth-order valence-electron chi connectivity index (χ4n) is 1.29. The number of halogens is 4. The molecule has 2 aromatic rings. The molecule has 1 nitrogen and oxygen atoms in total. The molecule has 0 aliphatic heterocycles. The van der Waals surface area contributed by atoms with Crippen molar-refractivity contribution in [1.82, 2.24) is 0 Å². The Morgan fingerprint density at radius 1 is 0.765 bits per heavy atom. The maximum Gasteiger partial charge on any atom is 0.164 e. The average Bonchev–Trinajstić information content (AvgIpc) is 2.22. The van der Waals surface area contributed by atoms with Gasteiger partial charge in [-0.1, -0.05) is 52.5 Å². The molecule has 5 heteroatoms. The zero-order valence-corrected chi connectivity index (χ0v) is 11.4. The number of hydrogen-bond acceptors (Lipinski definition) is 1. The highest BCUT2D eigenvalue weighted by atomic mass is 35.5. The molecule has 0 fully saturated rings. The second-order valence-corrected chi connectivity index (χ2v) is 4.95. The highest BCUT2D eigenvalue weighted by Gasteiger charge is 2.08. The molecule has 0 aliphatic carbocycles. The number of rotatable bonds is 2. The van der Waals surface area contributed by atoms with Crippen molar-refractivity contribution in [2.45, 2.75) is 0 Å². The molecule has 0 aromatic heterocycles. The van der Waals surface area contributed by atoms with E-state index in [4.69, 9.17) is 51.1 Å². The van der Waals surface area contributed by atoms with Crippen LogP contribution >= 0.6 is 46.4 Å². The lowest BCUT2D eigenvalue weighted by molar-refractivity contribution is 0.483. The first-order valence-electron chi connectivity index (χ1n) is 4.64. The summed E-state index contributed by atoms with van der Waals surface area (Å²) in [6.07, 6.45) is 0. The summed E-state index contributed by atoms with van der Waals surface area (Å²) in [5.41, 5.74) is 0. The number of para-hydroxylation sites is 1. The van der Waals surface area contributed by atoms with Gasteiger partial charge >= 0.3 is 0 Å². The Morgan fingerprint density at radius 3 is 1.82 bits per heavy atom. The van der Waals surface area contributed by atoms with Crippen LogP contribution in [0.2, 0.25) is 20.1 Å². The van der Waals surface area contributed by atoms with Gasteiger partial charge in [-0.05, 0) is 30.3 Å². The number of ether oxygens (including phenoxy) is 1. The van der Waals surface area contributed by atoms with Crippen LogP contribution < -0.4 is 4.74 Å². The van der Waals surface area contributed by atoms with Gasteiger partial charge in [0.15, 0.2) is 5.75 Å². The first-order valence-corrected chi connectivity index (χ1v) is 6.15. The summed E-state index contributed by atoms with van der Waals surface area (Å²) in [7, 11) is 0. The Labute approximate surface area is 119 Å². The molecule has 0 amide bonds. The van der Waals surface area contributed by atoms with Gasteiger partial charge in [0.25, 0.3) is 0 Å². The normalized spacial score (nSPS) is 10.4. The van der Waals surface area contributed by atoms with Crippen molar-refractivity contribution in [3.8, 4) is 11.5 Å². The van der Waals surface area contributed by atoms with Crippen molar-refractivity contribution < 1.29 is 4.74 Å². The third-order valence-electron chi connectivity index (χ3n) is 1.97. The lowest BCUT2D eigenvalue weighted by Crippen LogP contribution is -1.86. The maximum atomic E-state index is 5.98. The quantitative estimate of drug-likeness (QED) is 0.652. The first-order chi connectivity index (χ1) is 8.06. The molecule has 0 saturated heterocycles. The van der Waals surface area contributed by atoms with Gasteiger partial charge in [-0.2, -0.15) is 0 Å². The lowest BCUT2D eigenvalue weighted by atomic mass is 10.3. The molecule has 2 aromatic carbocycles. The summed E-state index contributed by atoms with van der Waals surface area (Å²) in [6, 6.07) is 10.00. The summed E-state index contributed by atoms with van der Waals surface area (Å²) < 4.78 is 5.57. The predicted octanol–water partition coefficient (Wildman–Crippen LogP) is 6.09. The van der Waals surface area contributed by atoms with E-state index in [-0.39, 0.29) is 0 Å². The highest BCUT2D eigenvalue weighted by molar-refractivity contribution is 6.37. The van der Waals surface area contributed by atoms with E-state index in [1.807, 2.05) is 0 Å². The fourth-order valence-corrected chi connectivity index (χ4v) is 2.27. The zero-order valence-electron chi connectivity index (χ0n) is 8.38. The summed E-state index contributed by atoms with van der Waals surface area (Å²) in [6.45, 7) is 0. The van der Waals surface area contributed by atoms with Crippen LogP contribution in [0.1, 0.15) is 0 Å². The Balaban J connectivity index is 2.38. The molecular weight excluding hydrogens is 302 g/mol. The van der Waals surface area contributed by atoms with Crippen molar-refractivity contribution in [2.75, 3.05) is 0 Å². The molecule has 0 heterocycles. The first kappa shape index (κ1) is 12.8. The summed E-state index contributed by atoms with van der Waals surface area (Å²) in [4.78, 5) is 0. The van der Waals surface area contributed by atoms with E-state index in [0.29, 0.717) is 31.6 Å². The van der Waals surface area contributed by atoms with E-state index in [9.17, 15) is 0 Å². The van der Waals surface area contributed by atoms with Crippen LogP contribution in [0.15, 0.2) is 36.4 Å². The van der Waals surface area contributed by atoms with Crippen molar-refractivity contribution in [2.24, 2.45) is 0 Å². The fraction of sp³-hybridized carbons (Fsp3) is 0. The smallest absolute Gasteiger partial charge is 0.164 e.